The zero-order valence-corrected chi connectivity index (χ0v) is 39.1. The van der Waals surface area contributed by atoms with Crippen molar-refractivity contribution >= 4 is 19.8 Å². The Balaban J connectivity index is 4.26. The van der Waals surface area contributed by atoms with Gasteiger partial charge in [-0.05, 0) is 77.0 Å². The number of rotatable bonds is 45. The molecular weight excluding hydrogens is 780 g/mol. The second kappa shape index (κ2) is 45.0. The Kier molecular flexibility index (Phi) is 43.4. The lowest BCUT2D eigenvalue weighted by Gasteiger charge is -2.20. The zero-order valence-electron chi connectivity index (χ0n) is 38.2. The molecule has 3 unspecified atom stereocenters. The summed E-state index contributed by atoms with van der Waals surface area (Å²) in [6.07, 6.45) is 49.2. The van der Waals surface area contributed by atoms with Crippen LogP contribution in [0.1, 0.15) is 213 Å². The smallest absolute Gasteiger partial charge is 0.462 e. The lowest BCUT2D eigenvalue weighted by atomic mass is 10.1. The molecule has 0 fully saturated rings. The summed E-state index contributed by atoms with van der Waals surface area (Å²) in [6.45, 7) is 2.35. The summed E-state index contributed by atoms with van der Waals surface area (Å²) in [5, 5.41) is 18.4. The lowest BCUT2D eigenvalue weighted by molar-refractivity contribution is -0.161. The average molecular weight is 869 g/mol. The Morgan fingerprint density at radius 3 is 1.35 bits per heavy atom. The summed E-state index contributed by atoms with van der Waals surface area (Å²) in [5.41, 5.74) is 0. The minimum Gasteiger partial charge on any atom is -0.462 e. The number of hydrogen-bond donors (Lipinski definition) is 3. The minimum absolute atomic E-state index is 0.168. The van der Waals surface area contributed by atoms with E-state index in [0.29, 0.717) is 12.8 Å². The Morgan fingerprint density at radius 1 is 0.500 bits per heavy atom. The van der Waals surface area contributed by atoms with Gasteiger partial charge in [0.25, 0.3) is 0 Å². The highest BCUT2D eigenvalue weighted by Gasteiger charge is 2.27. The number of ether oxygens (including phenoxy) is 2. The third-order valence-electron chi connectivity index (χ3n) is 10.2. The fourth-order valence-electron chi connectivity index (χ4n) is 6.47. The normalized spacial score (nSPS) is 14.2. The van der Waals surface area contributed by atoms with Crippen molar-refractivity contribution in [2.75, 3.05) is 26.4 Å². The molecule has 0 aliphatic rings. The van der Waals surface area contributed by atoms with Crippen molar-refractivity contribution in [2.45, 2.75) is 225 Å². The lowest BCUT2D eigenvalue weighted by Crippen LogP contribution is -2.29. The van der Waals surface area contributed by atoms with Gasteiger partial charge in [-0.2, -0.15) is 0 Å². The van der Waals surface area contributed by atoms with E-state index in [1.165, 1.54) is 96.3 Å². The van der Waals surface area contributed by atoms with Crippen LogP contribution < -0.4 is 0 Å². The first-order chi connectivity index (χ1) is 29.2. The van der Waals surface area contributed by atoms with Gasteiger partial charge < -0.3 is 24.6 Å². The molecule has 0 aliphatic heterocycles. The number of aliphatic hydroxyl groups is 2. The molecule has 0 saturated carbocycles. The fourth-order valence-corrected chi connectivity index (χ4v) is 7.26. The Hall–Kier alpha value is -2.07. The van der Waals surface area contributed by atoms with E-state index in [0.717, 1.165) is 77.0 Å². The minimum atomic E-state index is -4.63. The third kappa shape index (κ3) is 44.0. The van der Waals surface area contributed by atoms with Gasteiger partial charge in [-0.25, -0.2) is 4.57 Å². The van der Waals surface area contributed by atoms with Crippen molar-refractivity contribution in [3.63, 3.8) is 0 Å². The van der Waals surface area contributed by atoms with Gasteiger partial charge >= 0.3 is 19.8 Å². The predicted octanol–water partition coefficient (Wildman–Crippen LogP) is 13.3. The molecule has 0 amide bonds. The molecule has 0 heterocycles. The number of aliphatic hydroxyl groups excluding tert-OH is 2. The van der Waals surface area contributed by atoms with Crippen LogP contribution in [0.3, 0.4) is 0 Å². The van der Waals surface area contributed by atoms with E-state index in [-0.39, 0.29) is 19.4 Å². The number of esters is 2. The quantitative estimate of drug-likeness (QED) is 0.0234. The fraction of sp³-hybridized carbons (Fsp3) is 0.796. The summed E-state index contributed by atoms with van der Waals surface area (Å²) < 4.78 is 32.8. The van der Waals surface area contributed by atoms with Crippen LogP contribution in [-0.2, 0) is 32.7 Å². The molecule has 10 nitrogen and oxygen atoms in total. The Labute approximate surface area is 366 Å². The van der Waals surface area contributed by atoms with Gasteiger partial charge in [0.2, 0.25) is 0 Å². The van der Waals surface area contributed by atoms with Crippen LogP contribution in [-0.4, -0.2) is 65.7 Å². The number of phosphoric ester groups is 1. The van der Waals surface area contributed by atoms with E-state index in [1.807, 2.05) is 0 Å². The number of allylic oxidation sites excluding steroid dienone is 8. The van der Waals surface area contributed by atoms with Gasteiger partial charge in [0.05, 0.1) is 19.8 Å². The summed E-state index contributed by atoms with van der Waals surface area (Å²) in [7, 11) is -4.63. The second-order valence-electron chi connectivity index (χ2n) is 16.1. The molecule has 0 rings (SSSR count). The molecule has 60 heavy (non-hydrogen) atoms. The molecule has 3 atom stereocenters. The molecule has 0 aliphatic carbocycles. The zero-order chi connectivity index (χ0) is 44.0. The number of phosphoric acid groups is 1. The molecule has 0 bridgehead atoms. The van der Waals surface area contributed by atoms with Gasteiger partial charge in [0, 0.05) is 12.8 Å². The highest BCUT2D eigenvalue weighted by Crippen LogP contribution is 2.43. The number of carbonyl (C=O) groups excluding carboxylic acids is 2. The largest absolute Gasteiger partial charge is 0.472 e. The standard InChI is InChI=1S/C49H89O10P/c1-3-5-7-9-11-13-15-17-19-21-23-25-27-29-31-33-35-37-39-41-49(53)59-47(45-58-60(54,55)57-43-46(51)42-50)44-56-48(52)40-38-36-34-32-30-28-26-24-22-20-18-16-14-12-10-8-6-4-2/h11,13,17,19-20,22-23,25,46-47,50-51H,3-10,12,14-16,18,21,24,26-45H2,1-2H3,(H,54,55)/b13-11-,19-17-,22-20-,25-23-. The van der Waals surface area contributed by atoms with Crippen LogP contribution >= 0.6 is 7.82 Å². The highest BCUT2D eigenvalue weighted by atomic mass is 31.2. The van der Waals surface area contributed by atoms with Crippen molar-refractivity contribution in [1.82, 2.24) is 0 Å². The number of carbonyl (C=O) groups is 2. The monoisotopic (exact) mass is 869 g/mol. The van der Waals surface area contributed by atoms with Crippen LogP contribution in [0.4, 0.5) is 0 Å². The first-order valence-electron chi connectivity index (χ1n) is 24.1. The van der Waals surface area contributed by atoms with E-state index in [1.54, 1.807) is 0 Å². The molecule has 0 saturated heterocycles. The molecule has 350 valence electrons. The number of unbranched alkanes of at least 4 members (excludes halogenated alkanes) is 23. The molecule has 0 aromatic rings. The van der Waals surface area contributed by atoms with Crippen LogP contribution in [0.2, 0.25) is 0 Å². The summed E-state index contributed by atoms with van der Waals surface area (Å²) >= 11 is 0. The first kappa shape index (κ1) is 57.9. The predicted molar refractivity (Wildman–Crippen MR) is 247 cm³/mol. The third-order valence-corrected chi connectivity index (χ3v) is 11.2. The average Bonchev–Trinajstić information content (AvgIpc) is 3.24. The van der Waals surface area contributed by atoms with Crippen molar-refractivity contribution in [3.05, 3.63) is 48.6 Å². The molecule has 0 spiro atoms. The van der Waals surface area contributed by atoms with Crippen LogP contribution in [0.5, 0.6) is 0 Å². The Bertz CT molecular complexity index is 1140. The maximum absolute atomic E-state index is 12.7. The van der Waals surface area contributed by atoms with Crippen LogP contribution in [0.25, 0.3) is 0 Å². The summed E-state index contributed by atoms with van der Waals surface area (Å²) in [4.78, 5) is 35.1. The maximum Gasteiger partial charge on any atom is 0.472 e. The van der Waals surface area contributed by atoms with Gasteiger partial charge in [-0.15, -0.1) is 0 Å². The van der Waals surface area contributed by atoms with Gasteiger partial charge in [-0.3, -0.25) is 18.6 Å². The van der Waals surface area contributed by atoms with Crippen molar-refractivity contribution < 1.29 is 47.8 Å². The number of hydrogen-bond acceptors (Lipinski definition) is 9. The molecule has 11 heteroatoms. The SMILES string of the molecule is CCCCC/C=C\C/C=C\C/C=C\CCCCCCCCC(=O)OC(COC(=O)CCCCCCCCC/C=C\CCCCCCCCC)COP(=O)(O)OCC(O)CO. The topological polar surface area (TPSA) is 149 Å². The van der Waals surface area contributed by atoms with Gasteiger partial charge in [0.15, 0.2) is 6.10 Å². The van der Waals surface area contributed by atoms with Crippen molar-refractivity contribution in [3.8, 4) is 0 Å². The molecular formula is C49H89O10P. The summed E-state index contributed by atoms with van der Waals surface area (Å²) in [6, 6.07) is 0. The van der Waals surface area contributed by atoms with Gasteiger partial charge in [-0.1, -0.05) is 172 Å². The molecule has 0 radical (unpaired) electrons. The van der Waals surface area contributed by atoms with E-state index in [9.17, 15) is 24.2 Å². The van der Waals surface area contributed by atoms with Crippen LogP contribution in [0.15, 0.2) is 48.6 Å². The van der Waals surface area contributed by atoms with E-state index >= 15 is 0 Å². The highest BCUT2D eigenvalue weighted by molar-refractivity contribution is 7.47. The van der Waals surface area contributed by atoms with Crippen molar-refractivity contribution in [2.24, 2.45) is 0 Å². The maximum atomic E-state index is 12.7. The molecule has 0 aromatic carbocycles. The van der Waals surface area contributed by atoms with E-state index in [2.05, 4.69) is 62.5 Å². The Morgan fingerprint density at radius 2 is 0.867 bits per heavy atom. The molecule has 3 N–H and O–H groups in total. The van der Waals surface area contributed by atoms with E-state index in [4.69, 9.17) is 23.6 Å². The second-order valence-corrected chi connectivity index (χ2v) is 17.6. The first-order valence-corrected chi connectivity index (χ1v) is 25.6. The van der Waals surface area contributed by atoms with E-state index < -0.39 is 51.8 Å². The summed E-state index contributed by atoms with van der Waals surface area (Å²) in [5.74, 6) is -0.941. The van der Waals surface area contributed by atoms with Gasteiger partial charge in [0.1, 0.15) is 12.7 Å². The van der Waals surface area contributed by atoms with Crippen LogP contribution in [0, 0.1) is 0 Å². The van der Waals surface area contributed by atoms with Crippen molar-refractivity contribution in [1.29, 1.82) is 0 Å². The molecule has 0 aromatic heterocycles.